The molecule has 0 atom stereocenters. The van der Waals surface area contributed by atoms with Crippen LogP contribution in [0.3, 0.4) is 0 Å². The summed E-state index contributed by atoms with van der Waals surface area (Å²) >= 11 is 0. The third kappa shape index (κ3) is 7.53. The molecular weight excluding hydrogens is 458 g/mol. The van der Waals surface area contributed by atoms with Crippen LogP contribution in [0.1, 0.15) is 27.8 Å². The number of hydrogen-bond acceptors (Lipinski definition) is 5. The minimum absolute atomic E-state index is 0.144. The first-order valence-electron chi connectivity index (χ1n) is 11.5. The largest absolute Gasteiger partial charge is 0.369 e. The summed E-state index contributed by atoms with van der Waals surface area (Å²) in [5, 5.41) is 8.86. The Bertz CT molecular complexity index is 1190. The average molecular weight is 492 g/mol. The average Bonchev–Trinajstić information content (AvgIpc) is 3.24. The van der Waals surface area contributed by atoms with Crippen LogP contribution < -0.4 is 0 Å². The minimum atomic E-state index is -1.18. The van der Waals surface area contributed by atoms with E-state index in [-0.39, 0.29) is 18.4 Å². The van der Waals surface area contributed by atoms with Crippen molar-refractivity contribution < 1.29 is 14.3 Å². The van der Waals surface area contributed by atoms with Gasteiger partial charge in [0.25, 0.3) is 5.91 Å². The molecule has 0 aliphatic rings. The fourth-order valence-electron chi connectivity index (χ4n) is 3.23. The van der Waals surface area contributed by atoms with Crippen LogP contribution in [0.2, 0.25) is 25.7 Å². The van der Waals surface area contributed by atoms with Gasteiger partial charge in [0.1, 0.15) is 5.69 Å². The van der Waals surface area contributed by atoms with E-state index in [1.807, 2.05) is 50.5 Å². The standard InChI is InChI=1S/C26H33N5O3Si/c1-19(32)24-25(29-31(28-24)18-34-15-16-35(4,5)6)22-11-7-20(8-12-22)21-9-13-23(14-10-21)26(33)27-17-30(2)3/h7-14,17H,15-16,18H2,1-6H3. The highest BCUT2D eigenvalue weighted by atomic mass is 28.3. The maximum absolute atomic E-state index is 12.2. The Morgan fingerprint density at radius 2 is 1.54 bits per heavy atom. The van der Waals surface area contributed by atoms with Gasteiger partial charge in [-0.3, -0.25) is 9.59 Å². The fourth-order valence-corrected chi connectivity index (χ4v) is 3.99. The zero-order chi connectivity index (χ0) is 25.6. The fraction of sp³-hybridized carbons (Fsp3) is 0.346. The summed E-state index contributed by atoms with van der Waals surface area (Å²) in [5.74, 6) is -0.431. The topological polar surface area (TPSA) is 89.7 Å². The van der Waals surface area contributed by atoms with E-state index in [1.165, 1.54) is 18.1 Å². The number of ketones is 1. The van der Waals surface area contributed by atoms with Gasteiger partial charge in [-0.15, -0.1) is 5.10 Å². The molecule has 9 heteroatoms. The number of amides is 1. The molecule has 8 nitrogen and oxygen atoms in total. The normalized spacial score (nSPS) is 11.7. The molecule has 0 saturated carbocycles. The molecule has 3 aromatic rings. The van der Waals surface area contributed by atoms with Gasteiger partial charge in [0.2, 0.25) is 0 Å². The van der Waals surface area contributed by atoms with E-state index in [9.17, 15) is 9.59 Å². The van der Waals surface area contributed by atoms with E-state index in [2.05, 4.69) is 34.8 Å². The molecule has 184 valence electrons. The summed E-state index contributed by atoms with van der Waals surface area (Å²) in [5.41, 5.74) is 4.15. The molecule has 3 rings (SSSR count). The molecule has 0 bridgehead atoms. The third-order valence-corrected chi connectivity index (χ3v) is 6.93. The third-order valence-electron chi connectivity index (χ3n) is 5.22. The number of carbonyl (C=O) groups is 2. The molecular formula is C26H33N5O3Si. The number of aliphatic imine (C=N–C) groups is 1. The van der Waals surface area contributed by atoms with Gasteiger partial charge >= 0.3 is 0 Å². The first kappa shape index (κ1) is 26.2. The number of Topliss-reactive ketones (excluding diaryl/α,β-unsaturated/α-hetero) is 1. The summed E-state index contributed by atoms with van der Waals surface area (Å²) < 4.78 is 5.74. The number of rotatable bonds is 10. The first-order valence-corrected chi connectivity index (χ1v) is 15.2. The number of aromatic nitrogens is 3. The molecule has 0 unspecified atom stereocenters. The molecule has 0 fully saturated rings. The van der Waals surface area contributed by atoms with Gasteiger partial charge in [0, 0.05) is 46.8 Å². The molecule has 0 N–H and O–H groups in total. The Balaban J connectivity index is 1.74. The molecule has 0 saturated heterocycles. The molecule has 2 aromatic carbocycles. The van der Waals surface area contributed by atoms with Gasteiger partial charge in [-0.25, -0.2) is 0 Å². The van der Waals surface area contributed by atoms with E-state index in [1.54, 1.807) is 17.0 Å². The molecule has 1 aromatic heterocycles. The van der Waals surface area contributed by atoms with Crippen LogP contribution in [0, 0.1) is 0 Å². The predicted octanol–water partition coefficient (Wildman–Crippen LogP) is 4.86. The van der Waals surface area contributed by atoms with Crippen molar-refractivity contribution in [3.8, 4) is 22.4 Å². The highest BCUT2D eigenvalue weighted by Gasteiger charge is 2.18. The summed E-state index contributed by atoms with van der Waals surface area (Å²) in [7, 11) is 2.45. The molecule has 35 heavy (non-hydrogen) atoms. The molecule has 0 aliphatic carbocycles. The van der Waals surface area contributed by atoms with Gasteiger partial charge in [-0.1, -0.05) is 56.0 Å². The Morgan fingerprint density at radius 3 is 2.09 bits per heavy atom. The minimum Gasteiger partial charge on any atom is -0.369 e. The maximum Gasteiger partial charge on any atom is 0.278 e. The van der Waals surface area contributed by atoms with Crippen LogP contribution in [0.15, 0.2) is 53.5 Å². The summed E-state index contributed by atoms with van der Waals surface area (Å²) in [6.45, 7) is 9.26. The number of hydrogen-bond donors (Lipinski definition) is 0. The lowest BCUT2D eigenvalue weighted by molar-refractivity contribution is 0.0682. The van der Waals surface area contributed by atoms with Crippen molar-refractivity contribution in [2.24, 2.45) is 4.99 Å². The van der Waals surface area contributed by atoms with Crippen LogP contribution in [0.5, 0.6) is 0 Å². The summed E-state index contributed by atoms with van der Waals surface area (Å²) in [6.07, 6.45) is 1.49. The molecule has 0 radical (unpaired) electrons. The van der Waals surface area contributed by atoms with Gasteiger partial charge < -0.3 is 9.64 Å². The Labute approximate surface area is 207 Å². The van der Waals surface area contributed by atoms with E-state index in [0.29, 0.717) is 23.6 Å². The van der Waals surface area contributed by atoms with Crippen molar-refractivity contribution >= 4 is 26.1 Å². The van der Waals surface area contributed by atoms with Gasteiger partial charge in [0.15, 0.2) is 18.2 Å². The Morgan fingerprint density at radius 1 is 0.971 bits per heavy atom. The van der Waals surface area contributed by atoms with E-state index < -0.39 is 8.07 Å². The second kappa shape index (κ2) is 11.3. The molecule has 1 amide bonds. The van der Waals surface area contributed by atoms with Crippen molar-refractivity contribution in [1.29, 1.82) is 0 Å². The smallest absolute Gasteiger partial charge is 0.278 e. The lowest BCUT2D eigenvalue weighted by Gasteiger charge is -2.14. The quantitative estimate of drug-likeness (QED) is 0.132. The van der Waals surface area contributed by atoms with Gasteiger partial charge in [0.05, 0.1) is 6.34 Å². The Hall–Kier alpha value is -3.43. The van der Waals surface area contributed by atoms with Crippen molar-refractivity contribution in [3.63, 3.8) is 0 Å². The second-order valence-corrected chi connectivity index (χ2v) is 15.5. The van der Waals surface area contributed by atoms with Gasteiger partial charge in [-0.05, 0) is 29.3 Å². The Kier molecular flexibility index (Phi) is 8.47. The van der Waals surface area contributed by atoms with Crippen LogP contribution >= 0.6 is 0 Å². The van der Waals surface area contributed by atoms with Crippen LogP contribution in [0.4, 0.5) is 0 Å². The number of ether oxygens (including phenoxy) is 1. The number of benzene rings is 2. The molecule has 1 heterocycles. The monoisotopic (exact) mass is 491 g/mol. The van der Waals surface area contributed by atoms with Crippen molar-refractivity contribution in [3.05, 3.63) is 59.8 Å². The second-order valence-electron chi connectivity index (χ2n) is 9.84. The zero-order valence-corrected chi connectivity index (χ0v) is 22.3. The van der Waals surface area contributed by atoms with Gasteiger partial charge in [-0.2, -0.15) is 14.9 Å². The van der Waals surface area contributed by atoms with Crippen molar-refractivity contribution in [2.45, 2.75) is 39.3 Å². The van der Waals surface area contributed by atoms with E-state index in [4.69, 9.17) is 4.74 Å². The van der Waals surface area contributed by atoms with E-state index in [0.717, 1.165) is 22.7 Å². The highest BCUT2D eigenvalue weighted by molar-refractivity contribution is 6.76. The lowest BCUT2D eigenvalue weighted by Crippen LogP contribution is -2.22. The van der Waals surface area contributed by atoms with Crippen LogP contribution in [0.25, 0.3) is 22.4 Å². The number of nitrogens with zero attached hydrogens (tertiary/aromatic N) is 5. The molecule has 0 aliphatic heterocycles. The summed E-state index contributed by atoms with van der Waals surface area (Å²) in [6, 6.07) is 16.1. The van der Waals surface area contributed by atoms with Crippen LogP contribution in [-0.2, 0) is 11.5 Å². The number of carbonyl (C=O) groups excluding carboxylic acids is 2. The van der Waals surface area contributed by atoms with Crippen LogP contribution in [-0.4, -0.2) is 66.7 Å². The van der Waals surface area contributed by atoms with E-state index >= 15 is 0 Å². The lowest BCUT2D eigenvalue weighted by atomic mass is 10.0. The molecule has 0 spiro atoms. The maximum atomic E-state index is 12.2. The van der Waals surface area contributed by atoms with Crippen molar-refractivity contribution in [1.82, 2.24) is 19.9 Å². The SMILES string of the molecule is CC(=O)c1nn(COCC[Si](C)(C)C)nc1-c1ccc(-c2ccc(C(=O)N=CN(C)C)cc2)cc1. The first-order chi connectivity index (χ1) is 16.5. The van der Waals surface area contributed by atoms with Crippen molar-refractivity contribution in [2.75, 3.05) is 20.7 Å². The zero-order valence-electron chi connectivity index (χ0n) is 21.3. The summed E-state index contributed by atoms with van der Waals surface area (Å²) in [4.78, 5) is 31.4. The highest BCUT2D eigenvalue weighted by Crippen LogP contribution is 2.26. The predicted molar refractivity (Wildman–Crippen MR) is 142 cm³/mol.